The van der Waals surface area contributed by atoms with Crippen LogP contribution in [-0.2, 0) is 6.42 Å². The zero-order valence-corrected chi connectivity index (χ0v) is 14.8. The van der Waals surface area contributed by atoms with E-state index in [1.54, 1.807) is 0 Å². The van der Waals surface area contributed by atoms with Gasteiger partial charge in [-0.3, -0.25) is 0 Å². The normalized spacial score (nSPS) is 11.5. The Morgan fingerprint density at radius 1 is 1.04 bits per heavy atom. The van der Waals surface area contributed by atoms with E-state index >= 15 is 0 Å². The van der Waals surface area contributed by atoms with Gasteiger partial charge in [-0.2, -0.15) is 0 Å². The number of anilines is 1. The average molecular weight is 352 g/mol. The maximum absolute atomic E-state index is 10.2. The van der Waals surface area contributed by atoms with E-state index in [4.69, 9.17) is 4.74 Å². The number of halogens is 1. The second-order valence-electron chi connectivity index (χ2n) is 5.47. The zero-order chi connectivity index (χ0) is 16.5. The summed E-state index contributed by atoms with van der Waals surface area (Å²) in [6, 6.07) is 17.7. The molecule has 1 unspecified atom stereocenters. The van der Waals surface area contributed by atoms with Crippen LogP contribution < -0.4 is 9.64 Å². The monoisotopic (exact) mass is 351 g/mol. The second kappa shape index (κ2) is 10.9. The molecule has 5 heteroatoms. The Hall–Kier alpha value is -1.75. The summed E-state index contributed by atoms with van der Waals surface area (Å²) in [6.07, 6.45) is 0.364. The number of rotatable bonds is 9. The smallest absolute Gasteiger partial charge is 0.119 e. The second-order valence-corrected chi connectivity index (χ2v) is 5.47. The minimum atomic E-state index is -0.632. The molecule has 0 aromatic heterocycles. The number of hydrogen-bond donors (Lipinski definition) is 2. The highest BCUT2D eigenvalue weighted by atomic mass is 35.5. The molecule has 0 saturated carbocycles. The third kappa shape index (κ3) is 6.40. The zero-order valence-electron chi connectivity index (χ0n) is 14.0. The Morgan fingerprint density at radius 3 is 2.29 bits per heavy atom. The van der Waals surface area contributed by atoms with Gasteiger partial charge < -0.3 is 19.8 Å². The molecular weight excluding hydrogens is 326 g/mol. The highest BCUT2D eigenvalue weighted by Crippen LogP contribution is 2.15. The van der Waals surface area contributed by atoms with Crippen LogP contribution in [0.2, 0.25) is 0 Å². The van der Waals surface area contributed by atoms with E-state index < -0.39 is 6.10 Å². The lowest BCUT2D eigenvalue weighted by atomic mass is 10.2. The fraction of sp³-hybridized carbons (Fsp3) is 0.368. The summed E-state index contributed by atoms with van der Waals surface area (Å²) >= 11 is 0. The molecule has 2 N–H and O–H groups in total. The van der Waals surface area contributed by atoms with Crippen molar-refractivity contribution in [3.05, 3.63) is 60.2 Å². The number of nitrogens with zero attached hydrogens (tertiary/aromatic N) is 1. The number of para-hydroxylation sites is 1. The maximum atomic E-state index is 10.2. The first-order valence-corrected chi connectivity index (χ1v) is 8.03. The molecule has 132 valence electrons. The molecule has 2 aromatic carbocycles. The number of benzene rings is 2. The SMILES string of the molecule is CCc1ccc(OCC(O)CN(CCO)c2ccccc2)cc1.Cl. The van der Waals surface area contributed by atoms with Gasteiger partial charge in [0, 0.05) is 18.8 Å². The predicted molar refractivity (Wildman–Crippen MR) is 100 cm³/mol. The number of aliphatic hydroxyl groups is 2. The number of ether oxygens (including phenoxy) is 1. The van der Waals surface area contributed by atoms with Gasteiger partial charge in [0.25, 0.3) is 0 Å². The molecule has 0 bridgehead atoms. The van der Waals surface area contributed by atoms with Crippen LogP contribution in [0.1, 0.15) is 12.5 Å². The van der Waals surface area contributed by atoms with Crippen molar-refractivity contribution in [1.82, 2.24) is 0 Å². The topological polar surface area (TPSA) is 52.9 Å². The summed E-state index contributed by atoms with van der Waals surface area (Å²) < 4.78 is 5.64. The molecule has 0 saturated heterocycles. The van der Waals surface area contributed by atoms with Crippen molar-refractivity contribution in [2.45, 2.75) is 19.4 Å². The number of aliphatic hydroxyl groups excluding tert-OH is 2. The van der Waals surface area contributed by atoms with Crippen LogP contribution in [0, 0.1) is 0 Å². The van der Waals surface area contributed by atoms with Crippen molar-refractivity contribution in [3.8, 4) is 5.75 Å². The minimum Gasteiger partial charge on any atom is -0.491 e. The summed E-state index contributed by atoms with van der Waals surface area (Å²) in [5.74, 6) is 0.759. The lowest BCUT2D eigenvalue weighted by Crippen LogP contribution is -2.37. The van der Waals surface area contributed by atoms with Crippen LogP contribution in [0.4, 0.5) is 5.69 Å². The quantitative estimate of drug-likeness (QED) is 0.729. The molecule has 2 rings (SSSR count). The molecule has 24 heavy (non-hydrogen) atoms. The molecule has 0 radical (unpaired) electrons. The fourth-order valence-corrected chi connectivity index (χ4v) is 2.41. The Kier molecular flexibility index (Phi) is 9.23. The van der Waals surface area contributed by atoms with Crippen molar-refractivity contribution in [1.29, 1.82) is 0 Å². The van der Waals surface area contributed by atoms with Crippen molar-refractivity contribution in [3.63, 3.8) is 0 Å². The van der Waals surface area contributed by atoms with E-state index in [0.29, 0.717) is 13.1 Å². The van der Waals surface area contributed by atoms with Gasteiger partial charge in [0.05, 0.1) is 6.61 Å². The Labute approximate surface area is 150 Å². The average Bonchev–Trinajstić information content (AvgIpc) is 2.61. The van der Waals surface area contributed by atoms with Crippen molar-refractivity contribution in [2.24, 2.45) is 0 Å². The van der Waals surface area contributed by atoms with E-state index in [-0.39, 0.29) is 25.6 Å². The molecule has 0 aliphatic rings. The van der Waals surface area contributed by atoms with Gasteiger partial charge in [0.1, 0.15) is 18.5 Å². The van der Waals surface area contributed by atoms with Crippen LogP contribution >= 0.6 is 12.4 Å². The molecule has 2 aromatic rings. The molecular formula is C19H26ClNO3. The maximum Gasteiger partial charge on any atom is 0.119 e. The lowest BCUT2D eigenvalue weighted by Gasteiger charge is -2.26. The van der Waals surface area contributed by atoms with Gasteiger partial charge in [-0.05, 0) is 36.2 Å². The van der Waals surface area contributed by atoms with E-state index in [0.717, 1.165) is 17.9 Å². The van der Waals surface area contributed by atoms with Gasteiger partial charge in [-0.15, -0.1) is 12.4 Å². The van der Waals surface area contributed by atoms with Gasteiger partial charge in [-0.25, -0.2) is 0 Å². The predicted octanol–water partition coefficient (Wildman–Crippen LogP) is 2.91. The molecule has 0 amide bonds. The first-order valence-electron chi connectivity index (χ1n) is 8.03. The Bertz CT molecular complexity index is 563. The van der Waals surface area contributed by atoms with E-state index in [1.165, 1.54) is 5.56 Å². The standard InChI is InChI=1S/C19H25NO3.ClH/c1-2-16-8-10-19(11-9-16)23-15-18(22)14-20(12-13-21)17-6-4-3-5-7-17;/h3-11,18,21-22H,2,12-15H2,1H3;1H. The molecule has 0 fully saturated rings. The third-order valence-corrected chi connectivity index (χ3v) is 3.70. The Balaban J connectivity index is 0.00000288. The van der Waals surface area contributed by atoms with Crippen LogP contribution in [0.3, 0.4) is 0 Å². The molecule has 0 aliphatic heterocycles. The summed E-state index contributed by atoms with van der Waals surface area (Å²) in [7, 11) is 0. The van der Waals surface area contributed by atoms with E-state index in [9.17, 15) is 10.2 Å². The van der Waals surface area contributed by atoms with E-state index in [2.05, 4.69) is 6.92 Å². The molecule has 4 nitrogen and oxygen atoms in total. The first-order chi connectivity index (χ1) is 11.2. The van der Waals surface area contributed by atoms with Gasteiger partial charge >= 0.3 is 0 Å². The third-order valence-electron chi connectivity index (χ3n) is 3.70. The van der Waals surface area contributed by atoms with Crippen LogP contribution in [0.5, 0.6) is 5.75 Å². The van der Waals surface area contributed by atoms with E-state index in [1.807, 2.05) is 59.5 Å². The molecule has 0 heterocycles. The number of hydrogen-bond acceptors (Lipinski definition) is 4. The molecule has 0 aliphatic carbocycles. The molecule has 1 atom stereocenters. The van der Waals surface area contributed by atoms with Crippen molar-refractivity contribution >= 4 is 18.1 Å². The summed E-state index contributed by atoms with van der Waals surface area (Å²) in [6.45, 7) is 3.27. The van der Waals surface area contributed by atoms with Gasteiger partial charge in [0.15, 0.2) is 0 Å². The first kappa shape index (κ1) is 20.3. The minimum absolute atomic E-state index is 0. The fourth-order valence-electron chi connectivity index (χ4n) is 2.41. The lowest BCUT2D eigenvalue weighted by molar-refractivity contribution is 0.111. The number of aryl methyl sites for hydroxylation is 1. The highest BCUT2D eigenvalue weighted by Gasteiger charge is 2.13. The molecule has 0 spiro atoms. The largest absolute Gasteiger partial charge is 0.491 e. The van der Waals surface area contributed by atoms with Crippen molar-refractivity contribution < 1.29 is 14.9 Å². The van der Waals surface area contributed by atoms with Crippen LogP contribution in [0.15, 0.2) is 54.6 Å². The summed E-state index contributed by atoms with van der Waals surface area (Å²) in [5, 5.41) is 19.4. The highest BCUT2D eigenvalue weighted by molar-refractivity contribution is 5.85. The van der Waals surface area contributed by atoms with Gasteiger partial charge in [0.2, 0.25) is 0 Å². The Morgan fingerprint density at radius 2 is 1.71 bits per heavy atom. The van der Waals surface area contributed by atoms with Crippen molar-refractivity contribution in [2.75, 3.05) is 31.2 Å². The van der Waals surface area contributed by atoms with Crippen LogP contribution in [0.25, 0.3) is 0 Å². The summed E-state index contributed by atoms with van der Waals surface area (Å²) in [5.41, 5.74) is 2.24. The summed E-state index contributed by atoms with van der Waals surface area (Å²) in [4.78, 5) is 1.95. The van der Waals surface area contributed by atoms with Crippen LogP contribution in [-0.4, -0.2) is 42.6 Å². The van der Waals surface area contributed by atoms with Gasteiger partial charge in [-0.1, -0.05) is 37.3 Å².